The maximum Gasteiger partial charge on any atom is 0.412 e. The number of hydrogen-bond donors (Lipinski definition) is 3. The minimum Gasteiger partial charge on any atom is -0.465 e. The van der Waals surface area contributed by atoms with Crippen LogP contribution in [0.3, 0.4) is 0 Å². The lowest BCUT2D eigenvalue weighted by Gasteiger charge is -2.24. The summed E-state index contributed by atoms with van der Waals surface area (Å²) in [4.78, 5) is 24.1. The summed E-state index contributed by atoms with van der Waals surface area (Å²) in [5.41, 5.74) is 3.37. The summed E-state index contributed by atoms with van der Waals surface area (Å²) in [5, 5.41) is 10.7. The fourth-order valence-corrected chi connectivity index (χ4v) is 3.17. The third kappa shape index (κ3) is 2.71. The van der Waals surface area contributed by atoms with Crippen LogP contribution in [0.15, 0.2) is 67.0 Å². The van der Waals surface area contributed by atoms with Crippen LogP contribution in [0.4, 0.5) is 10.5 Å². The summed E-state index contributed by atoms with van der Waals surface area (Å²) in [7, 11) is 0. The number of carboxylic acid groups (broad SMARTS) is 1. The summed E-state index contributed by atoms with van der Waals surface area (Å²) in [5.74, 6) is 0.594. The highest BCUT2D eigenvalue weighted by atomic mass is 16.4. The summed E-state index contributed by atoms with van der Waals surface area (Å²) < 4.78 is 0. The van der Waals surface area contributed by atoms with E-state index in [1.54, 1.807) is 12.4 Å². The third-order valence-corrected chi connectivity index (χ3v) is 4.50. The standard InChI is InChI=1S/C20H18N4O2/c1-13(19-22-11-17(23-19)14-7-3-2-4-8-14)24(20(25)26)18-12-21-16-10-6-5-9-15(16)18/h2-13,21H,1H3,(H,22,23)(H,25,26). The van der Waals surface area contributed by atoms with Crippen molar-refractivity contribution < 1.29 is 9.90 Å². The van der Waals surface area contributed by atoms with E-state index in [2.05, 4.69) is 15.0 Å². The Morgan fingerprint density at radius 3 is 2.62 bits per heavy atom. The number of anilines is 1. The Morgan fingerprint density at radius 1 is 1.12 bits per heavy atom. The monoisotopic (exact) mass is 346 g/mol. The molecule has 1 unspecified atom stereocenters. The number of H-pyrrole nitrogens is 2. The number of rotatable bonds is 4. The van der Waals surface area contributed by atoms with E-state index in [1.807, 2.05) is 61.5 Å². The van der Waals surface area contributed by atoms with Gasteiger partial charge in [-0.15, -0.1) is 0 Å². The lowest BCUT2D eigenvalue weighted by atomic mass is 10.2. The van der Waals surface area contributed by atoms with Crippen molar-refractivity contribution in [1.29, 1.82) is 0 Å². The number of hydrogen-bond acceptors (Lipinski definition) is 2. The summed E-state index contributed by atoms with van der Waals surface area (Å²) in [6.45, 7) is 1.82. The van der Waals surface area contributed by atoms with Crippen LogP contribution < -0.4 is 4.90 Å². The number of para-hydroxylation sites is 1. The molecule has 0 bridgehead atoms. The van der Waals surface area contributed by atoms with Crippen LogP contribution in [-0.2, 0) is 0 Å². The van der Waals surface area contributed by atoms with Crippen molar-refractivity contribution >= 4 is 22.7 Å². The minimum absolute atomic E-state index is 0.468. The van der Waals surface area contributed by atoms with Crippen LogP contribution in [-0.4, -0.2) is 26.2 Å². The highest BCUT2D eigenvalue weighted by molar-refractivity contribution is 6.00. The number of amides is 1. The van der Waals surface area contributed by atoms with E-state index in [1.165, 1.54) is 4.90 Å². The second-order valence-electron chi connectivity index (χ2n) is 6.10. The van der Waals surface area contributed by atoms with Gasteiger partial charge in [-0.2, -0.15) is 0 Å². The van der Waals surface area contributed by atoms with E-state index < -0.39 is 12.1 Å². The molecule has 4 rings (SSSR count). The molecule has 1 atom stereocenters. The molecule has 2 heterocycles. The smallest absolute Gasteiger partial charge is 0.412 e. The molecule has 130 valence electrons. The predicted octanol–water partition coefficient (Wildman–Crippen LogP) is 4.80. The first-order valence-corrected chi connectivity index (χ1v) is 8.34. The van der Waals surface area contributed by atoms with Crippen molar-refractivity contribution in [3.8, 4) is 11.3 Å². The van der Waals surface area contributed by atoms with Gasteiger partial charge in [0.25, 0.3) is 0 Å². The second-order valence-corrected chi connectivity index (χ2v) is 6.10. The molecular formula is C20H18N4O2. The van der Waals surface area contributed by atoms with Crippen molar-refractivity contribution in [2.75, 3.05) is 4.90 Å². The van der Waals surface area contributed by atoms with Crippen LogP contribution >= 0.6 is 0 Å². The van der Waals surface area contributed by atoms with Gasteiger partial charge in [-0.05, 0) is 18.6 Å². The lowest BCUT2D eigenvalue weighted by Crippen LogP contribution is -2.32. The third-order valence-electron chi connectivity index (χ3n) is 4.50. The number of imidazole rings is 1. The maximum atomic E-state index is 12.0. The van der Waals surface area contributed by atoms with Gasteiger partial charge in [0.1, 0.15) is 5.82 Å². The molecule has 0 aliphatic rings. The Balaban J connectivity index is 1.72. The van der Waals surface area contributed by atoms with Crippen LogP contribution in [0.5, 0.6) is 0 Å². The van der Waals surface area contributed by atoms with E-state index in [-0.39, 0.29) is 0 Å². The van der Waals surface area contributed by atoms with Crippen LogP contribution in [0, 0.1) is 0 Å². The SMILES string of the molecule is CC(c1ncc(-c2ccccc2)[nH]1)N(C(=O)O)c1c[nH]c2ccccc12. The molecule has 2 aromatic carbocycles. The Hall–Kier alpha value is -3.54. The van der Waals surface area contributed by atoms with Gasteiger partial charge in [0.2, 0.25) is 0 Å². The van der Waals surface area contributed by atoms with E-state index in [0.29, 0.717) is 11.5 Å². The lowest BCUT2D eigenvalue weighted by molar-refractivity contribution is 0.199. The number of nitrogens with zero attached hydrogens (tertiary/aromatic N) is 2. The average Bonchev–Trinajstić information content (AvgIpc) is 3.30. The van der Waals surface area contributed by atoms with Gasteiger partial charge in [0.15, 0.2) is 0 Å². The largest absolute Gasteiger partial charge is 0.465 e. The molecule has 6 nitrogen and oxygen atoms in total. The summed E-state index contributed by atoms with van der Waals surface area (Å²) in [6, 6.07) is 17.0. The van der Waals surface area contributed by atoms with Crippen molar-refractivity contribution in [2.45, 2.75) is 13.0 Å². The van der Waals surface area contributed by atoms with Crippen LogP contribution in [0.25, 0.3) is 22.2 Å². The highest BCUT2D eigenvalue weighted by Gasteiger charge is 2.27. The molecule has 0 fully saturated rings. The Morgan fingerprint density at radius 2 is 1.85 bits per heavy atom. The summed E-state index contributed by atoms with van der Waals surface area (Å²) in [6.07, 6.45) is 2.42. The van der Waals surface area contributed by atoms with Gasteiger partial charge in [-0.25, -0.2) is 9.78 Å². The van der Waals surface area contributed by atoms with Crippen molar-refractivity contribution in [1.82, 2.24) is 15.0 Å². The van der Waals surface area contributed by atoms with E-state index in [4.69, 9.17) is 0 Å². The number of fused-ring (bicyclic) bond motifs is 1. The van der Waals surface area contributed by atoms with Crippen LogP contribution in [0.2, 0.25) is 0 Å². The van der Waals surface area contributed by atoms with E-state index >= 15 is 0 Å². The van der Waals surface area contributed by atoms with Crippen LogP contribution in [0.1, 0.15) is 18.8 Å². The quantitative estimate of drug-likeness (QED) is 0.496. The maximum absolute atomic E-state index is 12.0. The molecule has 1 amide bonds. The Bertz CT molecular complexity index is 1050. The van der Waals surface area contributed by atoms with Gasteiger partial charge in [-0.3, -0.25) is 4.90 Å². The number of carbonyl (C=O) groups is 1. The molecule has 6 heteroatoms. The van der Waals surface area contributed by atoms with Crippen molar-refractivity contribution in [2.24, 2.45) is 0 Å². The zero-order valence-electron chi connectivity index (χ0n) is 14.2. The minimum atomic E-state index is -1.03. The first kappa shape index (κ1) is 16.0. The first-order valence-electron chi connectivity index (χ1n) is 8.34. The number of aromatic amines is 2. The zero-order valence-corrected chi connectivity index (χ0v) is 14.2. The van der Waals surface area contributed by atoms with Gasteiger partial charge >= 0.3 is 6.09 Å². The highest BCUT2D eigenvalue weighted by Crippen LogP contribution is 2.33. The van der Waals surface area contributed by atoms with Gasteiger partial charge < -0.3 is 15.1 Å². The molecule has 0 saturated carbocycles. The Labute approximate surface area is 150 Å². The molecule has 0 saturated heterocycles. The topological polar surface area (TPSA) is 85.0 Å². The number of nitrogens with one attached hydrogen (secondary N) is 2. The molecule has 4 aromatic rings. The van der Waals surface area contributed by atoms with Gasteiger partial charge in [0.05, 0.1) is 23.6 Å². The number of benzene rings is 2. The Kier molecular flexibility index (Phi) is 3.93. The molecular weight excluding hydrogens is 328 g/mol. The predicted molar refractivity (Wildman–Crippen MR) is 101 cm³/mol. The molecule has 2 aromatic heterocycles. The van der Waals surface area contributed by atoms with Gasteiger partial charge in [-0.1, -0.05) is 48.5 Å². The first-order chi connectivity index (χ1) is 12.6. The number of aromatic nitrogens is 3. The van der Waals surface area contributed by atoms with Crippen molar-refractivity contribution in [3.05, 3.63) is 72.8 Å². The molecule has 0 aliphatic carbocycles. The molecule has 3 N–H and O–H groups in total. The normalized spacial score (nSPS) is 12.2. The second kappa shape index (κ2) is 6.40. The molecule has 0 radical (unpaired) electrons. The fourth-order valence-electron chi connectivity index (χ4n) is 3.17. The zero-order chi connectivity index (χ0) is 18.1. The molecule has 0 aliphatic heterocycles. The average molecular weight is 346 g/mol. The molecule has 0 spiro atoms. The van der Waals surface area contributed by atoms with Crippen molar-refractivity contribution in [3.63, 3.8) is 0 Å². The molecule has 26 heavy (non-hydrogen) atoms. The summed E-state index contributed by atoms with van der Waals surface area (Å²) >= 11 is 0. The van der Waals surface area contributed by atoms with E-state index in [0.717, 1.165) is 22.2 Å². The van der Waals surface area contributed by atoms with Gasteiger partial charge in [0, 0.05) is 17.1 Å². The van der Waals surface area contributed by atoms with E-state index in [9.17, 15) is 9.90 Å². The fraction of sp³-hybridized carbons (Fsp3) is 0.100.